The largest absolute Gasteiger partial charge is 0.484 e. The molecule has 1 fully saturated rings. The molecule has 29 heavy (non-hydrogen) atoms. The van der Waals surface area contributed by atoms with Gasteiger partial charge >= 0.3 is 0 Å². The van der Waals surface area contributed by atoms with Crippen LogP contribution >= 0.6 is 0 Å². The van der Waals surface area contributed by atoms with Crippen LogP contribution in [-0.4, -0.2) is 53.5 Å². The number of para-hydroxylation sites is 1. The zero-order valence-electron chi connectivity index (χ0n) is 16.6. The summed E-state index contributed by atoms with van der Waals surface area (Å²) in [5, 5.41) is 1.04. The molecule has 6 nitrogen and oxygen atoms in total. The number of amides is 1. The SMILES string of the molecule is Cc1ccc2cc(CN3CCN(C(=O)COc4ccccc4)CC3)c(=O)[nH]c2c1. The van der Waals surface area contributed by atoms with Gasteiger partial charge < -0.3 is 14.6 Å². The van der Waals surface area contributed by atoms with Crippen LogP contribution in [0.5, 0.6) is 5.75 Å². The van der Waals surface area contributed by atoms with Crippen LogP contribution in [-0.2, 0) is 11.3 Å². The quantitative estimate of drug-likeness (QED) is 0.726. The lowest BCUT2D eigenvalue weighted by Gasteiger charge is -2.34. The predicted octanol–water partition coefficient (Wildman–Crippen LogP) is 2.56. The van der Waals surface area contributed by atoms with Gasteiger partial charge in [-0.3, -0.25) is 14.5 Å². The summed E-state index contributed by atoms with van der Waals surface area (Å²) in [5.41, 5.74) is 2.71. The molecule has 1 N–H and O–H groups in total. The normalized spacial score (nSPS) is 14.9. The molecule has 0 saturated carbocycles. The number of hydrogen-bond donors (Lipinski definition) is 1. The fraction of sp³-hybridized carbons (Fsp3) is 0.304. The number of carbonyl (C=O) groups is 1. The van der Waals surface area contributed by atoms with Gasteiger partial charge in [-0.1, -0.05) is 30.3 Å². The van der Waals surface area contributed by atoms with Gasteiger partial charge in [0.2, 0.25) is 0 Å². The number of pyridine rings is 1. The number of nitrogens with zero attached hydrogens (tertiary/aromatic N) is 2. The summed E-state index contributed by atoms with van der Waals surface area (Å²) < 4.78 is 5.56. The monoisotopic (exact) mass is 391 g/mol. The molecule has 6 heteroatoms. The van der Waals surface area contributed by atoms with E-state index in [1.165, 1.54) is 0 Å². The summed E-state index contributed by atoms with van der Waals surface area (Å²) in [6.07, 6.45) is 0. The molecular formula is C23H25N3O3. The molecule has 0 spiro atoms. The highest BCUT2D eigenvalue weighted by atomic mass is 16.5. The molecule has 1 aromatic heterocycles. The van der Waals surface area contributed by atoms with Crippen molar-refractivity contribution in [3.05, 3.63) is 76.1 Å². The van der Waals surface area contributed by atoms with Gasteiger partial charge in [0.25, 0.3) is 11.5 Å². The van der Waals surface area contributed by atoms with Gasteiger partial charge in [0.05, 0.1) is 0 Å². The molecule has 150 valence electrons. The molecule has 0 atom stereocenters. The molecule has 4 rings (SSSR count). The van der Waals surface area contributed by atoms with E-state index in [2.05, 4.69) is 9.88 Å². The number of benzene rings is 2. The third-order valence-corrected chi connectivity index (χ3v) is 5.30. The van der Waals surface area contributed by atoms with Gasteiger partial charge in [-0.2, -0.15) is 0 Å². The molecule has 1 amide bonds. The van der Waals surface area contributed by atoms with E-state index in [1.807, 2.05) is 66.4 Å². The van der Waals surface area contributed by atoms with Crippen molar-refractivity contribution >= 4 is 16.8 Å². The van der Waals surface area contributed by atoms with Crippen LogP contribution in [0.25, 0.3) is 10.9 Å². The Morgan fingerprint density at radius 1 is 1.03 bits per heavy atom. The van der Waals surface area contributed by atoms with E-state index in [0.717, 1.165) is 35.1 Å². The highest BCUT2D eigenvalue weighted by molar-refractivity contribution is 5.79. The topological polar surface area (TPSA) is 65.6 Å². The number of piperazine rings is 1. The average molecular weight is 391 g/mol. The fourth-order valence-electron chi connectivity index (χ4n) is 3.63. The van der Waals surface area contributed by atoms with Crippen molar-refractivity contribution in [2.45, 2.75) is 13.5 Å². The summed E-state index contributed by atoms with van der Waals surface area (Å²) in [5.74, 6) is 0.692. The van der Waals surface area contributed by atoms with Gasteiger partial charge in [0.1, 0.15) is 5.75 Å². The van der Waals surface area contributed by atoms with Gasteiger partial charge in [0.15, 0.2) is 6.61 Å². The Hall–Kier alpha value is -3.12. The molecule has 2 aromatic carbocycles. The molecular weight excluding hydrogens is 366 g/mol. The summed E-state index contributed by atoms with van der Waals surface area (Å²) in [6.45, 7) is 5.40. The summed E-state index contributed by atoms with van der Waals surface area (Å²) in [7, 11) is 0. The highest BCUT2D eigenvalue weighted by Gasteiger charge is 2.22. The molecule has 3 aromatic rings. The minimum atomic E-state index is -0.0436. The molecule has 2 heterocycles. The maximum atomic E-state index is 12.4. The van der Waals surface area contributed by atoms with E-state index in [-0.39, 0.29) is 18.1 Å². The van der Waals surface area contributed by atoms with E-state index < -0.39 is 0 Å². The van der Waals surface area contributed by atoms with Crippen LogP contribution in [0.3, 0.4) is 0 Å². The Labute approximate surface area is 169 Å². The number of aryl methyl sites for hydroxylation is 1. The number of aromatic amines is 1. The van der Waals surface area contributed by atoms with Crippen molar-refractivity contribution in [3.63, 3.8) is 0 Å². The number of aromatic nitrogens is 1. The number of rotatable bonds is 5. The van der Waals surface area contributed by atoms with E-state index in [9.17, 15) is 9.59 Å². The first-order chi connectivity index (χ1) is 14.1. The van der Waals surface area contributed by atoms with Gasteiger partial charge in [-0.25, -0.2) is 0 Å². The van der Waals surface area contributed by atoms with Crippen LogP contribution in [0.1, 0.15) is 11.1 Å². The molecule has 1 aliphatic rings. The molecule has 1 aliphatic heterocycles. The van der Waals surface area contributed by atoms with Gasteiger partial charge in [0, 0.05) is 43.8 Å². The van der Waals surface area contributed by atoms with Crippen molar-refractivity contribution in [2.24, 2.45) is 0 Å². The number of nitrogens with one attached hydrogen (secondary N) is 1. The highest BCUT2D eigenvalue weighted by Crippen LogP contribution is 2.15. The van der Waals surface area contributed by atoms with E-state index in [0.29, 0.717) is 25.4 Å². The summed E-state index contributed by atoms with van der Waals surface area (Å²) in [6, 6.07) is 17.4. The zero-order valence-corrected chi connectivity index (χ0v) is 16.6. The van der Waals surface area contributed by atoms with Gasteiger partial charge in [-0.15, -0.1) is 0 Å². The van der Waals surface area contributed by atoms with Crippen LogP contribution in [0, 0.1) is 6.92 Å². The number of fused-ring (bicyclic) bond motifs is 1. The first-order valence-corrected chi connectivity index (χ1v) is 9.89. The van der Waals surface area contributed by atoms with Crippen LogP contribution < -0.4 is 10.3 Å². The number of H-pyrrole nitrogens is 1. The van der Waals surface area contributed by atoms with E-state index in [4.69, 9.17) is 4.74 Å². The van der Waals surface area contributed by atoms with Crippen molar-refractivity contribution in [1.82, 2.24) is 14.8 Å². The molecule has 0 radical (unpaired) electrons. The maximum absolute atomic E-state index is 12.4. The second-order valence-corrected chi connectivity index (χ2v) is 7.47. The maximum Gasteiger partial charge on any atom is 0.260 e. The standard InChI is InChI=1S/C23H25N3O3/c1-17-7-8-18-14-19(23(28)24-21(18)13-17)15-25-9-11-26(12-10-25)22(27)16-29-20-5-3-2-4-6-20/h2-8,13-14H,9-12,15-16H2,1H3,(H,24,28). The van der Waals surface area contributed by atoms with Crippen molar-refractivity contribution in [1.29, 1.82) is 0 Å². The fourth-order valence-corrected chi connectivity index (χ4v) is 3.63. The first-order valence-electron chi connectivity index (χ1n) is 9.89. The Bertz CT molecular complexity index is 1050. The van der Waals surface area contributed by atoms with Crippen molar-refractivity contribution < 1.29 is 9.53 Å². The smallest absolute Gasteiger partial charge is 0.260 e. The molecule has 1 saturated heterocycles. The van der Waals surface area contributed by atoms with Crippen molar-refractivity contribution in [2.75, 3.05) is 32.8 Å². The lowest BCUT2D eigenvalue weighted by atomic mass is 10.1. The average Bonchev–Trinajstić information content (AvgIpc) is 2.74. The Kier molecular flexibility index (Phi) is 5.62. The number of carbonyl (C=O) groups excluding carboxylic acids is 1. The number of hydrogen-bond acceptors (Lipinski definition) is 4. The molecule has 0 aliphatic carbocycles. The van der Waals surface area contributed by atoms with Crippen LogP contribution in [0.4, 0.5) is 0 Å². The van der Waals surface area contributed by atoms with Gasteiger partial charge in [-0.05, 0) is 42.1 Å². The Morgan fingerprint density at radius 2 is 1.79 bits per heavy atom. The van der Waals surface area contributed by atoms with Crippen LogP contribution in [0.2, 0.25) is 0 Å². The number of ether oxygens (including phenoxy) is 1. The minimum absolute atomic E-state index is 0.00701. The molecule has 0 bridgehead atoms. The van der Waals surface area contributed by atoms with Crippen LogP contribution in [0.15, 0.2) is 59.4 Å². The van der Waals surface area contributed by atoms with Crippen molar-refractivity contribution in [3.8, 4) is 5.75 Å². The second-order valence-electron chi connectivity index (χ2n) is 7.47. The van der Waals surface area contributed by atoms with E-state index in [1.54, 1.807) is 0 Å². The predicted molar refractivity (Wildman–Crippen MR) is 113 cm³/mol. The molecule has 0 unspecified atom stereocenters. The lowest BCUT2D eigenvalue weighted by molar-refractivity contribution is -0.135. The van der Waals surface area contributed by atoms with E-state index >= 15 is 0 Å². The Balaban J connectivity index is 1.32. The lowest BCUT2D eigenvalue weighted by Crippen LogP contribution is -2.49. The summed E-state index contributed by atoms with van der Waals surface area (Å²) in [4.78, 5) is 31.9. The zero-order chi connectivity index (χ0) is 20.2. The first kappa shape index (κ1) is 19.2. The second kappa shape index (κ2) is 8.49. The third kappa shape index (κ3) is 4.66. The minimum Gasteiger partial charge on any atom is -0.484 e. The summed E-state index contributed by atoms with van der Waals surface area (Å²) >= 11 is 0. The third-order valence-electron chi connectivity index (χ3n) is 5.30. The Morgan fingerprint density at radius 3 is 2.55 bits per heavy atom.